The van der Waals surface area contributed by atoms with Crippen molar-refractivity contribution in [2.24, 2.45) is 0 Å². The number of anilines is 1. The van der Waals surface area contributed by atoms with E-state index in [9.17, 15) is 0 Å². The molecule has 0 fully saturated rings. The fourth-order valence-corrected chi connectivity index (χ4v) is 3.00. The first kappa shape index (κ1) is 15.8. The van der Waals surface area contributed by atoms with Crippen LogP contribution in [0.5, 0.6) is 23.0 Å². The van der Waals surface area contributed by atoms with Gasteiger partial charge in [-0.1, -0.05) is 11.2 Å². The lowest BCUT2D eigenvalue weighted by atomic mass is 10.1. The van der Waals surface area contributed by atoms with Crippen LogP contribution in [-0.4, -0.2) is 36.7 Å². The summed E-state index contributed by atoms with van der Waals surface area (Å²) in [4.78, 5) is 0. The molecule has 0 aliphatic carbocycles. The van der Waals surface area contributed by atoms with Gasteiger partial charge in [0.2, 0.25) is 12.7 Å². The first-order chi connectivity index (χ1) is 13.3. The molecule has 0 radical (unpaired) electrons. The van der Waals surface area contributed by atoms with E-state index in [0.717, 1.165) is 34.8 Å². The van der Waals surface area contributed by atoms with Gasteiger partial charge in [0.1, 0.15) is 13.2 Å². The van der Waals surface area contributed by atoms with Crippen molar-refractivity contribution in [1.82, 2.24) is 10.2 Å². The van der Waals surface area contributed by atoms with Gasteiger partial charge in [0.25, 0.3) is 0 Å². The molecule has 1 N–H and O–H groups in total. The van der Waals surface area contributed by atoms with Crippen LogP contribution in [0.4, 0.5) is 6.01 Å². The zero-order chi connectivity index (χ0) is 18.1. The van der Waals surface area contributed by atoms with Crippen LogP contribution >= 0.6 is 0 Å². The van der Waals surface area contributed by atoms with Crippen LogP contribution in [0.1, 0.15) is 5.56 Å². The Hall–Kier alpha value is -3.42. The molecule has 8 heteroatoms. The van der Waals surface area contributed by atoms with Crippen molar-refractivity contribution in [2.75, 3.05) is 31.9 Å². The lowest BCUT2D eigenvalue weighted by molar-refractivity contribution is 0.171. The standard InChI is InChI=1S/C19H17N3O5/c1-3-14-16(24-8-7-23-14)9-12(1)5-6-20-19-22-21-18(27-19)13-2-4-15-17(10-13)26-11-25-15/h1-4,9-10H,5-8,11H2,(H,20,22). The maximum Gasteiger partial charge on any atom is 0.315 e. The Labute approximate surface area is 155 Å². The number of nitrogens with one attached hydrogen (secondary N) is 1. The quantitative estimate of drug-likeness (QED) is 0.736. The van der Waals surface area contributed by atoms with E-state index in [4.69, 9.17) is 23.4 Å². The van der Waals surface area contributed by atoms with Gasteiger partial charge in [-0.3, -0.25) is 0 Å². The van der Waals surface area contributed by atoms with E-state index in [0.29, 0.717) is 37.4 Å². The molecule has 3 heterocycles. The highest BCUT2D eigenvalue weighted by atomic mass is 16.7. The molecule has 8 nitrogen and oxygen atoms in total. The number of benzene rings is 2. The molecule has 5 rings (SSSR count). The molecule has 0 spiro atoms. The Balaban J connectivity index is 1.21. The van der Waals surface area contributed by atoms with Crippen LogP contribution in [0.25, 0.3) is 11.5 Å². The molecular formula is C19H17N3O5. The molecule has 2 aromatic carbocycles. The van der Waals surface area contributed by atoms with Crippen LogP contribution in [0.2, 0.25) is 0 Å². The zero-order valence-corrected chi connectivity index (χ0v) is 14.4. The van der Waals surface area contributed by atoms with Crippen molar-refractivity contribution in [2.45, 2.75) is 6.42 Å². The second-order valence-electron chi connectivity index (χ2n) is 6.14. The van der Waals surface area contributed by atoms with Crippen molar-refractivity contribution < 1.29 is 23.4 Å². The third-order valence-corrected chi connectivity index (χ3v) is 4.34. The Morgan fingerprint density at radius 3 is 2.56 bits per heavy atom. The molecule has 3 aromatic rings. The van der Waals surface area contributed by atoms with E-state index in [1.807, 2.05) is 36.4 Å². The summed E-state index contributed by atoms with van der Waals surface area (Å²) in [6.07, 6.45) is 0.790. The Morgan fingerprint density at radius 1 is 0.815 bits per heavy atom. The second kappa shape index (κ2) is 6.71. The van der Waals surface area contributed by atoms with Crippen molar-refractivity contribution in [1.29, 1.82) is 0 Å². The lowest BCUT2D eigenvalue weighted by Crippen LogP contribution is -2.15. The average Bonchev–Trinajstić information content (AvgIpc) is 3.36. The van der Waals surface area contributed by atoms with E-state index < -0.39 is 0 Å². The van der Waals surface area contributed by atoms with Gasteiger partial charge < -0.3 is 28.7 Å². The van der Waals surface area contributed by atoms with E-state index in [-0.39, 0.29) is 6.79 Å². The van der Waals surface area contributed by atoms with Crippen LogP contribution in [0.3, 0.4) is 0 Å². The molecule has 138 valence electrons. The van der Waals surface area contributed by atoms with Crippen molar-refractivity contribution >= 4 is 6.01 Å². The number of fused-ring (bicyclic) bond motifs is 2. The van der Waals surface area contributed by atoms with E-state index in [2.05, 4.69) is 15.5 Å². The molecular weight excluding hydrogens is 350 g/mol. The third-order valence-electron chi connectivity index (χ3n) is 4.34. The Kier molecular flexibility index (Phi) is 3.93. The van der Waals surface area contributed by atoms with Gasteiger partial charge in [0, 0.05) is 12.1 Å². The van der Waals surface area contributed by atoms with Crippen molar-refractivity contribution in [3.8, 4) is 34.5 Å². The first-order valence-corrected chi connectivity index (χ1v) is 8.71. The zero-order valence-electron chi connectivity index (χ0n) is 14.4. The summed E-state index contributed by atoms with van der Waals surface area (Å²) >= 11 is 0. The molecule has 0 unspecified atom stereocenters. The number of rotatable bonds is 5. The third kappa shape index (κ3) is 3.21. The van der Waals surface area contributed by atoms with E-state index in [1.54, 1.807) is 0 Å². The monoisotopic (exact) mass is 367 g/mol. The Bertz CT molecular complexity index is 972. The number of nitrogens with zero attached hydrogens (tertiary/aromatic N) is 2. The number of aromatic nitrogens is 2. The average molecular weight is 367 g/mol. The van der Waals surface area contributed by atoms with E-state index in [1.165, 1.54) is 0 Å². The highest BCUT2D eigenvalue weighted by molar-refractivity contribution is 5.60. The minimum atomic E-state index is 0.231. The van der Waals surface area contributed by atoms with Crippen LogP contribution < -0.4 is 24.3 Å². The van der Waals surface area contributed by atoms with E-state index >= 15 is 0 Å². The molecule has 0 atom stereocenters. The molecule has 2 aliphatic heterocycles. The molecule has 2 aliphatic rings. The first-order valence-electron chi connectivity index (χ1n) is 8.71. The maximum atomic E-state index is 5.68. The van der Waals surface area contributed by atoms with Gasteiger partial charge >= 0.3 is 6.01 Å². The topological polar surface area (TPSA) is 87.9 Å². The van der Waals surface area contributed by atoms with Crippen LogP contribution in [-0.2, 0) is 6.42 Å². The van der Waals surface area contributed by atoms with Crippen molar-refractivity contribution in [3.63, 3.8) is 0 Å². The van der Waals surface area contributed by atoms with Gasteiger partial charge in [-0.25, -0.2) is 0 Å². The molecule has 0 saturated carbocycles. The molecule has 1 aromatic heterocycles. The minimum Gasteiger partial charge on any atom is -0.486 e. The second-order valence-corrected chi connectivity index (χ2v) is 6.14. The number of hydrogen-bond acceptors (Lipinski definition) is 8. The molecule has 27 heavy (non-hydrogen) atoms. The highest BCUT2D eigenvalue weighted by Gasteiger charge is 2.17. The number of hydrogen-bond donors (Lipinski definition) is 1. The summed E-state index contributed by atoms with van der Waals surface area (Å²) in [7, 11) is 0. The summed E-state index contributed by atoms with van der Waals surface area (Å²) in [5, 5.41) is 11.3. The predicted molar refractivity (Wildman–Crippen MR) is 95.5 cm³/mol. The van der Waals surface area contributed by atoms with Gasteiger partial charge in [-0.15, -0.1) is 5.10 Å². The summed E-state index contributed by atoms with van der Waals surface area (Å²) < 4.78 is 27.5. The normalized spacial score (nSPS) is 14.2. The molecule has 0 saturated heterocycles. The van der Waals surface area contributed by atoms with Crippen LogP contribution in [0, 0.1) is 0 Å². The highest BCUT2D eigenvalue weighted by Crippen LogP contribution is 2.35. The smallest absolute Gasteiger partial charge is 0.315 e. The SMILES string of the molecule is c1cc2c(cc1CCNc1nnc(-c3ccc4c(c3)OCO4)o1)OCCO2. The van der Waals surface area contributed by atoms with Gasteiger partial charge in [0.15, 0.2) is 23.0 Å². The fraction of sp³-hybridized carbons (Fsp3) is 0.263. The Morgan fingerprint density at radius 2 is 1.59 bits per heavy atom. The molecule has 0 amide bonds. The van der Waals surface area contributed by atoms with Gasteiger partial charge in [-0.2, -0.15) is 0 Å². The van der Waals surface area contributed by atoms with Gasteiger partial charge in [-0.05, 0) is 42.3 Å². The van der Waals surface area contributed by atoms with Gasteiger partial charge in [0.05, 0.1) is 0 Å². The number of ether oxygens (including phenoxy) is 4. The van der Waals surface area contributed by atoms with Crippen molar-refractivity contribution in [3.05, 3.63) is 42.0 Å². The summed E-state index contributed by atoms with van der Waals surface area (Å²) in [6, 6.07) is 11.9. The minimum absolute atomic E-state index is 0.231. The summed E-state index contributed by atoms with van der Waals surface area (Å²) in [5.41, 5.74) is 1.92. The van der Waals surface area contributed by atoms with Crippen LogP contribution in [0.15, 0.2) is 40.8 Å². The lowest BCUT2D eigenvalue weighted by Gasteiger charge is -2.18. The summed E-state index contributed by atoms with van der Waals surface area (Å²) in [6.45, 7) is 2.06. The largest absolute Gasteiger partial charge is 0.486 e. The fourth-order valence-electron chi connectivity index (χ4n) is 3.00. The maximum absolute atomic E-state index is 5.68. The predicted octanol–water partition coefficient (Wildman–Crippen LogP) is 2.89. The summed E-state index contributed by atoms with van der Waals surface area (Å²) in [5.74, 6) is 3.41. The molecule has 0 bridgehead atoms.